The van der Waals surface area contributed by atoms with Crippen molar-refractivity contribution in [3.8, 4) is 6.07 Å². The van der Waals surface area contributed by atoms with E-state index in [2.05, 4.69) is 6.07 Å². The summed E-state index contributed by atoms with van der Waals surface area (Å²) in [6, 6.07) is 12.2. The van der Waals surface area contributed by atoms with Gasteiger partial charge < -0.3 is 14.6 Å². The molecule has 186 valence electrons. The van der Waals surface area contributed by atoms with Crippen LogP contribution in [0.2, 0.25) is 5.02 Å². The van der Waals surface area contributed by atoms with E-state index in [1.54, 1.807) is 28.8 Å². The summed E-state index contributed by atoms with van der Waals surface area (Å²) < 4.78 is 17.0. The summed E-state index contributed by atoms with van der Waals surface area (Å²) in [7, 11) is 0. The lowest BCUT2D eigenvalue weighted by atomic mass is 9.58. The highest BCUT2D eigenvalue weighted by Gasteiger charge is 2.46. The quantitative estimate of drug-likeness (QED) is 0.433. The van der Waals surface area contributed by atoms with Crippen LogP contribution in [0.3, 0.4) is 0 Å². The third-order valence-corrected chi connectivity index (χ3v) is 9.13. The Morgan fingerprint density at radius 2 is 1.97 bits per heavy atom. The third-order valence-electron chi connectivity index (χ3n) is 7.63. The molecule has 0 unspecified atom stereocenters. The zero-order valence-corrected chi connectivity index (χ0v) is 21.3. The number of aromatic nitrogens is 1. The summed E-state index contributed by atoms with van der Waals surface area (Å²) >= 11 is 7.46. The number of aromatic carboxylic acids is 1. The first-order valence-corrected chi connectivity index (χ1v) is 13.1. The Hall–Kier alpha value is -3.02. The number of hydrogen-bond donors (Lipinski definition) is 1. The molecule has 0 radical (unpaired) electrons. The molecule has 1 spiro atoms. The second-order valence-corrected chi connectivity index (χ2v) is 11.3. The van der Waals surface area contributed by atoms with Crippen LogP contribution in [0, 0.1) is 35.4 Å². The number of amides is 1. The van der Waals surface area contributed by atoms with Crippen LogP contribution in [0.15, 0.2) is 46.2 Å². The molecule has 1 saturated carbocycles. The Kier molecular flexibility index (Phi) is 6.48. The van der Waals surface area contributed by atoms with Gasteiger partial charge in [0, 0.05) is 39.9 Å². The van der Waals surface area contributed by atoms with Crippen LogP contribution in [0.25, 0.3) is 10.9 Å². The molecule has 2 heterocycles. The second-order valence-electron chi connectivity index (χ2n) is 9.81. The molecule has 1 aliphatic heterocycles. The van der Waals surface area contributed by atoms with Gasteiger partial charge in [-0.25, -0.2) is 9.18 Å². The lowest BCUT2D eigenvalue weighted by molar-refractivity contribution is -0.135. The number of nitrogens with zero attached hydrogens (tertiary/aromatic N) is 3. The van der Waals surface area contributed by atoms with Gasteiger partial charge in [-0.1, -0.05) is 29.4 Å². The maximum Gasteiger partial charge on any atom is 0.335 e. The van der Waals surface area contributed by atoms with Crippen molar-refractivity contribution in [2.75, 3.05) is 13.1 Å². The van der Waals surface area contributed by atoms with Gasteiger partial charge in [0.05, 0.1) is 22.2 Å². The van der Waals surface area contributed by atoms with Crippen molar-refractivity contribution in [3.63, 3.8) is 0 Å². The van der Waals surface area contributed by atoms with Gasteiger partial charge in [0.1, 0.15) is 6.54 Å². The monoisotopic (exact) mass is 525 g/mol. The van der Waals surface area contributed by atoms with Crippen molar-refractivity contribution in [2.24, 2.45) is 11.3 Å². The van der Waals surface area contributed by atoms with Crippen molar-refractivity contribution < 1.29 is 19.1 Å². The van der Waals surface area contributed by atoms with Crippen molar-refractivity contribution in [1.29, 1.82) is 5.26 Å². The van der Waals surface area contributed by atoms with Crippen molar-refractivity contribution in [3.05, 3.63) is 58.5 Å². The van der Waals surface area contributed by atoms with Crippen LogP contribution >= 0.6 is 23.4 Å². The first-order chi connectivity index (χ1) is 17.2. The topological polar surface area (TPSA) is 86.3 Å². The van der Waals surface area contributed by atoms with Gasteiger partial charge in [-0.2, -0.15) is 5.26 Å². The predicted octanol–water partition coefficient (Wildman–Crippen LogP) is 6.13. The number of rotatable bonds is 5. The van der Waals surface area contributed by atoms with Crippen LogP contribution in [0.4, 0.5) is 4.39 Å². The number of carboxylic acids is 1. The number of piperidine rings is 1. The van der Waals surface area contributed by atoms with E-state index < -0.39 is 11.8 Å². The van der Waals surface area contributed by atoms with E-state index in [1.807, 2.05) is 11.8 Å². The lowest BCUT2D eigenvalue weighted by Crippen LogP contribution is -2.49. The Morgan fingerprint density at radius 1 is 1.25 bits per heavy atom. The Bertz CT molecular complexity index is 1410. The van der Waals surface area contributed by atoms with Gasteiger partial charge in [-0.05, 0) is 68.4 Å². The molecule has 1 N–H and O–H groups in total. The van der Waals surface area contributed by atoms with Crippen LogP contribution in [0.1, 0.15) is 41.7 Å². The van der Waals surface area contributed by atoms with Gasteiger partial charge >= 0.3 is 5.97 Å². The molecule has 6 nitrogen and oxygen atoms in total. The number of carboxylic acid groups (broad SMARTS) is 1. The number of benzene rings is 2. The molecule has 3 aromatic rings. The van der Waals surface area contributed by atoms with Crippen molar-refractivity contribution in [2.45, 2.75) is 48.9 Å². The molecule has 1 amide bonds. The zero-order valence-electron chi connectivity index (χ0n) is 19.8. The Labute approximate surface area is 217 Å². The maximum atomic E-state index is 15.3. The first-order valence-electron chi connectivity index (χ1n) is 11.9. The Balaban J connectivity index is 1.42. The number of carbonyl (C=O) groups is 2. The van der Waals surface area contributed by atoms with E-state index in [9.17, 15) is 14.7 Å². The number of carbonyl (C=O) groups excluding carboxylic acids is 1. The van der Waals surface area contributed by atoms with Gasteiger partial charge in [0.25, 0.3) is 0 Å². The van der Waals surface area contributed by atoms with E-state index >= 15 is 4.39 Å². The van der Waals surface area contributed by atoms with E-state index in [-0.39, 0.29) is 39.9 Å². The van der Waals surface area contributed by atoms with E-state index in [0.29, 0.717) is 23.4 Å². The standard InChI is InChI=1S/C27H25ClFN3O3S/c1-16-25(36-19-4-2-3-18(11-19)26(34)35)20-5-6-21(28)23(29)24(20)32(16)15-22(33)31-9-7-27(8-10-31)12-17(13-27)14-30/h2-6,11,17H,7-10,12-13,15H2,1H3,(H,34,35). The minimum absolute atomic E-state index is 0.0108. The number of halogens is 2. The lowest BCUT2D eigenvalue weighted by Gasteiger charge is -2.50. The highest BCUT2D eigenvalue weighted by Crippen LogP contribution is 2.52. The summed E-state index contributed by atoms with van der Waals surface area (Å²) in [4.78, 5) is 28.0. The highest BCUT2D eigenvalue weighted by atomic mass is 35.5. The summed E-state index contributed by atoms with van der Waals surface area (Å²) in [6.07, 6.45) is 3.62. The minimum Gasteiger partial charge on any atom is -0.478 e. The summed E-state index contributed by atoms with van der Waals surface area (Å²) in [5.41, 5.74) is 1.35. The normalized spacial score (nSPS) is 17.2. The Morgan fingerprint density at radius 3 is 2.64 bits per heavy atom. The molecule has 0 atom stereocenters. The van der Waals surface area contributed by atoms with Crippen LogP contribution in [-0.4, -0.2) is 39.5 Å². The fourth-order valence-electron chi connectivity index (χ4n) is 5.56. The molecule has 36 heavy (non-hydrogen) atoms. The van der Waals surface area contributed by atoms with Gasteiger partial charge in [0.15, 0.2) is 5.82 Å². The fraction of sp³-hybridized carbons (Fsp3) is 0.370. The summed E-state index contributed by atoms with van der Waals surface area (Å²) in [5.74, 6) is -1.54. The molecule has 0 bridgehead atoms. The molecule has 9 heteroatoms. The SMILES string of the molecule is Cc1c(Sc2cccc(C(=O)O)c2)c2ccc(Cl)c(F)c2n1CC(=O)N1CCC2(CC1)CC(C#N)C2. The second kappa shape index (κ2) is 9.45. The molecule has 2 aliphatic rings. The minimum atomic E-state index is -1.02. The van der Waals surface area contributed by atoms with Crippen molar-refractivity contribution in [1.82, 2.24) is 9.47 Å². The average molecular weight is 526 g/mol. The number of fused-ring (bicyclic) bond motifs is 1. The molecule has 1 saturated heterocycles. The molecule has 2 fully saturated rings. The van der Waals surface area contributed by atoms with Gasteiger partial charge in [-0.3, -0.25) is 4.79 Å². The zero-order chi connectivity index (χ0) is 25.6. The molecule has 2 aromatic carbocycles. The smallest absolute Gasteiger partial charge is 0.335 e. The maximum absolute atomic E-state index is 15.3. The summed E-state index contributed by atoms with van der Waals surface area (Å²) in [5, 5.41) is 19.1. The number of nitriles is 1. The molecule has 1 aliphatic carbocycles. The molecule has 5 rings (SSSR count). The van der Waals surface area contributed by atoms with Crippen LogP contribution < -0.4 is 0 Å². The first kappa shape index (κ1) is 24.7. The molecular weight excluding hydrogens is 501 g/mol. The van der Waals surface area contributed by atoms with E-state index in [4.69, 9.17) is 16.9 Å². The van der Waals surface area contributed by atoms with E-state index in [1.165, 1.54) is 23.9 Å². The largest absolute Gasteiger partial charge is 0.478 e. The van der Waals surface area contributed by atoms with Crippen LogP contribution in [0.5, 0.6) is 0 Å². The predicted molar refractivity (Wildman–Crippen MR) is 136 cm³/mol. The summed E-state index contributed by atoms with van der Waals surface area (Å²) in [6.45, 7) is 3.11. The molecular formula is C27H25ClFN3O3S. The average Bonchev–Trinajstić information content (AvgIpc) is 3.11. The highest BCUT2D eigenvalue weighted by molar-refractivity contribution is 7.99. The third kappa shape index (κ3) is 4.35. The van der Waals surface area contributed by atoms with E-state index in [0.717, 1.165) is 36.3 Å². The van der Waals surface area contributed by atoms with Gasteiger partial charge in [0.2, 0.25) is 5.91 Å². The fourth-order valence-corrected chi connectivity index (χ4v) is 6.81. The molecule has 1 aromatic heterocycles. The van der Waals surface area contributed by atoms with Crippen molar-refractivity contribution >= 4 is 46.1 Å². The number of hydrogen-bond acceptors (Lipinski definition) is 4. The van der Waals surface area contributed by atoms with Crippen LogP contribution in [-0.2, 0) is 11.3 Å². The number of likely N-dealkylation sites (tertiary alicyclic amines) is 1. The van der Waals surface area contributed by atoms with Gasteiger partial charge in [-0.15, -0.1) is 0 Å².